The second-order valence-electron chi connectivity index (χ2n) is 6.83. The Labute approximate surface area is 169 Å². The summed E-state index contributed by atoms with van der Waals surface area (Å²) in [6.07, 6.45) is -0.651. The number of hydrogen-bond acceptors (Lipinski definition) is 4. The van der Waals surface area contributed by atoms with E-state index < -0.39 is 40.2 Å². The van der Waals surface area contributed by atoms with Crippen LogP contribution < -0.4 is 10.0 Å². The molecule has 1 amide bonds. The van der Waals surface area contributed by atoms with Crippen molar-refractivity contribution in [1.82, 2.24) is 4.72 Å². The molecule has 0 heterocycles. The molecule has 0 spiro atoms. The SMILES string of the molecule is Cc1cc(C)c(S(=O)(=O)N[C@@H](CCC(=O)O)C(=O)Nc2ccc(F)cc2)c(C)c1. The molecule has 3 N–H and O–H groups in total. The smallest absolute Gasteiger partial charge is 0.303 e. The Balaban J connectivity index is 2.30. The monoisotopic (exact) mass is 422 g/mol. The maximum Gasteiger partial charge on any atom is 0.303 e. The van der Waals surface area contributed by atoms with Gasteiger partial charge in [0.1, 0.15) is 11.9 Å². The number of sulfonamides is 1. The minimum absolute atomic E-state index is 0.0537. The molecule has 0 saturated carbocycles. The van der Waals surface area contributed by atoms with E-state index in [1.54, 1.807) is 26.0 Å². The van der Waals surface area contributed by atoms with Crippen molar-refractivity contribution in [3.8, 4) is 0 Å². The van der Waals surface area contributed by atoms with Gasteiger partial charge in [-0.05, 0) is 62.6 Å². The van der Waals surface area contributed by atoms with Crippen LogP contribution in [0.2, 0.25) is 0 Å². The minimum Gasteiger partial charge on any atom is -0.481 e. The molecule has 29 heavy (non-hydrogen) atoms. The first-order valence-corrected chi connectivity index (χ1v) is 10.4. The first-order chi connectivity index (χ1) is 13.5. The Morgan fingerprint density at radius 3 is 2.14 bits per heavy atom. The van der Waals surface area contributed by atoms with Crippen LogP contribution in [0.1, 0.15) is 29.5 Å². The largest absolute Gasteiger partial charge is 0.481 e. The molecule has 0 radical (unpaired) electrons. The summed E-state index contributed by atoms with van der Waals surface area (Å²) in [6.45, 7) is 5.15. The highest BCUT2D eigenvalue weighted by atomic mass is 32.2. The van der Waals surface area contributed by atoms with Gasteiger partial charge in [0.05, 0.1) is 4.90 Å². The van der Waals surface area contributed by atoms with Crippen LogP contribution in [0.5, 0.6) is 0 Å². The molecule has 0 aliphatic carbocycles. The van der Waals surface area contributed by atoms with Crippen LogP contribution >= 0.6 is 0 Å². The lowest BCUT2D eigenvalue weighted by Gasteiger charge is -2.20. The van der Waals surface area contributed by atoms with Gasteiger partial charge in [0.15, 0.2) is 0 Å². The minimum atomic E-state index is -4.09. The van der Waals surface area contributed by atoms with E-state index in [9.17, 15) is 22.4 Å². The topological polar surface area (TPSA) is 113 Å². The molecule has 2 rings (SSSR count). The zero-order chi connectivity index (χ0) is 21.8. The number of carboxylic acid groups (broad SMARTS) is 1. The van der Waals surface area contributed by atoms with Crippen LogP contribution in [0.3, 0.4) is 0 Å². The highest BCUT2D eigenvalue weighted by molar-refractivity contribution is 7.89. The number of halogens is 1. The lowest BCUT2D eigenvalue weighted by Crippen LogP contribution is -2.44. The number of nitrogens with one attached hydrogen (secondary N) is 2. The summed E-state index contributed by atoms with van der Waals surface area (Å²) in [5, 5.41) is 11.4. The number of carbonyl (C=O) groups excluding carboxylic acids is 1. The zero-order valence-electron chi connectivity index (χ0n) is 16.3. The van der Waals surface area contributed by atoms with Gasteiger partial charge in [-0.15, -0.1) is 0 Å². The summed E-state index contributed by atoms with van der Waals surface area (Å²) in [4.78, 5) is 23.6. The molecular formula is C20H23FN2O5S. The molecule has 0 bridgehead atoms. The third kappa shape index (κ3) is 6.10. The van der Waals surface area contributed by atoms with Gasteiger partial charge in [-0.25, -0.2) is 12.8 Å². The third-order valence-electron chi connectivity index (χ3n) is 4.25. The molecule has 0 unspecified atom stereocenters. The molecule has 0 aromatic heterocycles. The van der Waals surface area contributed by atoms with Gasteiger partial charge in [0.2, 0.25) is 15.9 Å². The van der Waals surface area contributed by atoms with E-state index in [1.807, 2.05) is 6.92 Å². The van der Waals surface area contributed by atoms with Gasteiger partial charge in [-0.2, -0.15) is 4.72 Å². The highest BCUT2D eigenvalue weighted by Gasteiger charge is 2.28. The molecule has 9 heteroatoms. The Hall–Kier alpha value is -2.78. The van der Waals surface area contributed by atoms with E-state index in [4.69, 9.17) is 5.11 Å². The molecule has 0 aliphatic rings. The number of rotatable bonds is 8. The van der Waals surface area contributed by atoms with E-state index in [0.29, 0.717) is 11.1 Å². The third-order valence-corrected chi connectivity index (χ3v) is 6.02. The maximum absolute atomic E-state index is 13.0. The Morgan fingerprint density at radius 2 is 1.62 bits per heavy atom. The van der Waals surface area contributed by atoms with Crippen molar-refractivity contribution in [3.05, 3.63) is 58.9 Å². The average molecular weight is 422 g/mol. The molecule has 0 fully saturated rings. The van der Waals surface area contributed by atoms with Crippen LogP contribution in [-0.4, -0.2) is 31.4 Å². The average Bonchev–Trinajstić information content (AvgIpc) is 2.59. The van der Waals surface area contributed by atoms with Crippen molar-refractivity contribution in [2.75, 3.05) is 5.32 Å². The second-order valence-corrected chi connectivity index (χ2v) is 8.48. The molecule has 156 valence electrons. The molecule has 0 saturated heterocycles. The fraction of sp³-hybridized carbons (Fsp3) is 0.300. The molecule has 2 aromatic rings. The zero-order valence-corrected chi connectivity index (χ0v) is 17.1. The number of aliphatic carboxylic acids is 1. The maximum atomic E-state index is 13.0. The summed E-state index contributed by atoms with van der Waals surface area (Å²) < 4.78 is 41.3. The van der Waals surface area contributed by atoms with Gasteiger partial charge >= 0.3 is 5.97 Å². The quantitative estimate of drug-likeness (QED) is 0.606. The first-order valence-electron chi connectivity index (χ1n) is 8.88. The molecule has 2 aromatic carbocycles. The standard InChI is InChI=1S/C20H23FN2O5S/c1-12-10-13(2)19(14(3)11-12)29(27,28)23-17(8-9-18(24)25)20(26)22-16-6-4-15(21)5-7-16/h4-7,10-11,17,23H,8-9H2,1-3H3,(H,22,26)(H,24,25)/t17-/m0/s1. The number of carbonyl (C=O) groups is 2. The van der Waals surface area contributed by atoms with Gasteiger partial charge in [-0.1, -0.05) is 17.7 Å². The lowest BCUT2D eigenvalue weighted by atomic mass is 10.1. The van der Waals surface area contributed by atoms with E-state index in [1.165, 1.54) is 12.1 Å². The van der Waals surface area contributed by atoms with Crippen molar-refractivity contribution >= 4 is 27.6 Å². The Morgan fingerprint density at radius 1 is 1.07 bits per heavy atom. The molecule has 1 atom stereocenters. The van der Waals surface area contributed by atoms with Gasteiger partial charge in [0, 0.05) is 12.1 Å². The van der Waals surface area contributed by atoms with Crippen molar-refractivity contribution in [1.29, 1.82) is 0 Å². The van der Waals surface area contributed by atoms with E-state index in [0.717, 1.165) is 17.7 Å². The Bertz CT molecular complexity index is 997. The number of carboxylic acids is 1. The number of benzene rings is 2. The van der Waals surface area contributed by atoms with Crippen LogP contribution in [0, 0.1) is 26.6 Å². The van der Waals surface area contributed by atoms with Crippen molar-refractivity contribution in [3.63, 3.8) is 0 Å². The van der Waals surface area contributed by atoms with E-state index >= 15 is 0 Å². The Kier molecular flexibility index (Phi) is 7.10. The van der Waals surface area contributed by atoms with Crippen molar-refractivity contribution < 1.29 is 27.5 Å². The predicted octanol–water partition coefficient (Wildman–Crippen LogP) is 2.90. The van der Waals surface area contributed by atoms with Crippen molar-refractivity contribution in [2.24, 2.45) is 0 Å². The van der Waals surface area contributed by atoms with E-state index in [2.05, 4.69) is 10.0 Å². The number of hydrogen-bond donors (Lipinski definition) is 3. The fourth-order valence-corrected chi connectivity index (χ4v) is 4.79. The first kappa shape index (κ1) is 22.5. The van der Waals surface area contributed by atoms with Crippen molar-refractivity contribution in [2.45, 2.75) is 44.6 Å². The summed E-state index contributed by atoms with van der Waals surface area (Å²) >= 11 is 0. The molecular weight excluding hydrogens is 399 g/mol. The van der Waals surface area contributed by atoms with Gasteiger partial charge in [-0.3, -0.25) is 9.59 Å². The summed E-state index contributed by atoms with van der Waals surface area (Å²) in [6, 6.07) is 7.05. The van der Waals surface area contributed by atoms with Gasteiger partial charge < -0.3 is 10.4 Å². The van der Waals surface area contributed by atoms with Crippen LogP contribution in [0.15, 0.2) is 41.3 Å². The van der Waals surface area contributed by atoms with Crippen LogP contribution in [-0.2, 0) is 19.6 Å². The lowest BCUT2D eigenvalue weighted by molar-refractivity contribution is -0.137. The van der Waals surface area contributed by atoms with Gasteiger partial charge in [0.25, 0.3) is 0 Å². The number of aryl methyl sites for hydroxylation is 3. The highest BCUT2D eigenvalue weighted by Crippen LogP contribution is 2.22. The van der Waals surface area contributed by atoms with E-state index in [-0.39, 0.29) is 17.0 Å². The normalized spacial score (nSPS) is 12.4. The summed E-state index contributed by atoms with van der Waals surface area (Å²) in [5.74, 6) is -2.38. The number of anilines is 1. The summed E-state index contributed by atoms with van der Waals surface area (Å²) in [7, 11) is -4.09. The summed E-state index contributed by atoms with van der Waals surface area (Å²) in [5.41, 5.74) is 2.20. The molecule has 7 nitrogen and oxygen atoms in total. The van der Waals surface area contributed by atoms with Crippen LogP contribution in [0.25, 0.3) is 0 Å². The number of amides is 1. The van der Waals surface area contributed by atoms with Crippen LogP contribution in [0.4, 0.5) is 10.1 Å². The molecule has 0 aliphatic heterocycles. The second kappa shape index (κ2) is 9.15. The predicted molar refractivity (Wildman–Crippen MR) is 107 cm³/mol. The fourth-order valence-electron chi connectivity index (χ4n) is 3.11.